The Kier molecular flexibility index (Phi) is 2.00. The molecule has 0 aromatic heterocycles. The molecule has 0 spiro atoms. The molecule has 12 heavy (non-hydrogen) atoms. The Morgan fingerprint density at radius 1 is 1.33 bits per heavy atom. The van der Waals surface area contributed by atoms with Gasteiger partial charge in [0.15, 0.2) is 0 Å². The number of hydrogen-bond donors (Lipinski definition) is 0. The lowest BCUT2D eigenvalue weighted by atomic mass is 9.94. The number of hydrogen-bond acceptors (Lipinski definition) is 1. The first-order valence-corrected chi connectivity index (χ1v) is 4.03. The quantitative estimate of drug-likeness (QED) is 0.566. The second kappa shape index (κ2) is 3.15. The van der Waals surface area contributed by atoms with Crippen molar-refractivity contribution in [3.8, 4) is 0 Å². The summed E-state index contributed by atoms with van der Waals surface area (Å²) in [5, 5.41) is 0. The molecule has 0 N–H and O–H groups in total. The Labute approximate surface area is 73.5 Å². The maximum atomic E-state index is 5.18. The summed E-state index contributed by atoms with van der Waals surface area (Å²) >= 11 is 0. The van der Waals surface area contributed by atoms with Crippen LogP contribution >= 0.6 is 0 Å². The van der Waals surface area contributed by atoms with Gasteiger partial charge in [-0.15, -0.1) is 0 Å². The summed E-state index contributed by atoms with van der Waals surface area (Å²) in [6.45, 7) is 0. The molecule has 1 aromatic carbocycles. The van der Waals surface area contributed by atoms with Crippen LogP contribution in [0.4, 0.5) is 0 Å². The first kappa shape index (κ1) is 7.62. The van der Waals surface area contributed by atoms with Gasteiger partial charge in [-0.2, -0.15) is 0 Å². The average molecular weight is 156 g/mol. The molecule has 0 saturated carbocycles. The number of rotatable bonds is 1. The van der Waals surface area contributed by atoms with Crippen LogP contribution in [0.2, 0.25) is 0 Å². The lowest BCUT2D eigenvalue weighted by Gasteiger charge is -2.20. The van der Waals surface area contributed by atoms with E-state index in [1.54, 1.807) is 0 Å². The van der Waals surface area contributed by atoms with Gasteiger partial charge in [0.2, 0.25) is 0 Å². The lowest BCUT2D eigenvalue weighted by molar-refractivity contribution is 0.229. The molecule has 0 aliphatic heterocycles. The molecule has 2 radical (unpaired) electrons. The summed E-state index contributed by atoms with van der Waals surface area (Å²) in [4.78, 5) is 0. The minimum Gasteiger partial charge on any atom is -0.441 e. The minimum absolute atomic E-state index is 0.0335. The highest BCUT2D eigenvalue weighted by atomic mass is 16.4. The van der Waals surface area contributed by atoms with Gasteiger partial charge >= 0.3 is 0 Å². The van der Waals surface area contributed by atoms with Crippen LogP contribution in [0.15, 0.2) is 30.3 Å². The van der Waals surface area contributed by atoms with Crippen molar-refractivity contribution in [1.82, 2.24) is 0 Å². The molecule has 2 heteroatoms. The molecule has 0 bridgehead atoms. The van der Waals surface area contributed by atoms with Gasteiger partial charge < -0.3 is 4.65 Å². The smallest absolute Gasteiger partial charge is 0.283 e. The Bertz CT molecular complexity index is 306. The van der Waals surface area contributed by atoms with E-state index in [-0.39, 0.29) is 6.10 Å². The van der Waals surface area contributed by atoms with Gasteiger partial charge in [0, 0.05) is 0 Å². The van der Waals surface area contributed by atoms with Crippen molar-refractivity contribution in [1.29, 1.82) is 0 Å². The molecule has 1 unspecified atom stereocenters. The Balaban J connectivity index is 2.45. The fraction of sp³-hybridized carbons (Fsp3) is 0.200. The molecular weight excluding hydrogens is 147 g/mol. The van der Waals surface area contributed by atoms with Gasteiger partial charge in [0.05, 0.1) is 6.10 Å². The van der Waals surface area contributed by atoms with Crippen LogP contribution in [0.5, 0.6) is 0 Å². The molecular formula is C10H9BO. The third-order valence-electron chi connectivity index (χ3n) is 2.15. The molecule has 1 aliphatic rings. The third kappa shape index (κ3) is 1.19. The van der Waals surface area contributed by atoms with E-state index in [1.165, 1.54) is 11.1 Å². The molecule has 1 aliphatic carbocycles. The van der Waals surface area contributed by atoms with E-state index in [1.807, 2.05) is 12.1 Å². The second-order valence-electron chi connectivity index (χ2n) is 2.89. The van der Waals surface area contributed by atoms with E-state index >= 15 is 0 Å². The Morgan fingerprint density at radius 3 is 3.00 bits per heavy atom. The van der Waals surface area contributed by atoms with Crippen LogP contribution in [0, 0.1) is 0 Å². The van der Waals surface area contributed by atoms with Gasteiger partial charge in [-0.05, 0) is 17.5 Å². The van der Waals surface area contributed by atoms with Gasteiger partial charge in [-0.1, -0.05) is 36.4 Å². The average Bonchev–Trinajstić information content (AvgIpc) is 2.17. The zero-order chi connectivity index (χ0) is 8.39. The normalized spacial score (nSPS) is 20.5. The van der Waals surface area contributed by atoms with Crippen molar-refractivity contribution in [3.63, 3.8) is 0 Å². The zero-order valence-electron chi connectivity index (χ0n) is 6.73. The van der Waals surface area contributed by atoms with Crippen LogP contribution in [0.3, 0.4) is 0 Å². The van der Waals surface area contributed by atoms with E-state index in [2.05, 4.69) is 24.3 Å². The fourth-order valence-corrected chi connectivity index (χ4v) is 1.53. The lowest BCUT2D eigenvalue weighted by Crippen LogP contribution is -2.05. The topological polar surface area (TPSA) is 9.23 Å². The van der Waals surface area contributed by atoms with Gasteiger partial charge in [-0.3, -0.25) is 0 Å². The monoisotopic (exact) mass is 156 g/mol. The second-order valence-corrected chi connectivity index (χ2v) is 2.89. The van der Waals surface area contributed by atoms with E-state index in [9.17, 15) is 0 Å². The van der Waals surface area contributed by atoms with Gasteiger partial charge in [0.25, 0.3) is 8.05 Å². The number of benzene rings is 1. The molecule has 1 nitrogen and oxygen atoms in total. The summed E-state index contributed by atoms with van der Waals surface area (Å²) in [7, 11) is 5.18. The maximum Gasteiger partial charge on any atom is 0.283 e. The summed E-state index contributed by atoms with van der Waals surface area (Å²) in [6, 6.07) is 8.14. The predicted octanol–water partition coefficient (Wildman–Crippen LogP) is 2.24. The van der Waals surface area contributed by atoms with Crippen LogP contribution < -0.4 is 0 Å². The first-order valence-electron chi connectivity index (χ1n) is 4.03. The van der Waals surface area contributed by atoms with Crippen LogP contribution in [0.25, 0.3) is 6.08 Å². The van der Waals surface area contributed by atoms with E-state index in [0.717, 1.165) is 6.42 Å². The van der Waals surface area contributed by atoms with Crippen molar-refractivity contribution >= 4 is 14.1 Å². The SMILES string of the molecule is [B]OC1CC=Cc2ccccc21. The molecule has 0 heterocycles. The molecule has 0 saturated heterocycles. The molecule has 1 atom stereocenters. The number of fused-ring (bicyclic) bond motifs is 1. The molecule has 1 aromatic rings. The van der Waals surface area contributed by atoms with Crippen LogP contribution in [-0.4, -0.2) is 8.05 Å². The highest BCUT2D eigenvalue weighted by Crippen LogP contribution is 2.29. The highest BCUT2D eigenvalue weighted by molar-refractivity contribution is 5.98. The largest absolute Gasteiger partial charge is 0.441 e. The maximum absolute atomic E-state index is 5.18. The summed E-state index contributed by atoms with van der Waals surface area (Å²) in [5.41, 5.74) is 2.39. The molecule has 58 valence electrons. The minimum atomic E-state index is 0.0335. The molecule has 0 amide bonds. The highest BCUT2D eigenvalue weighted by Gasteiger charge is 2.13. The summed E-state index contributed by atoms with van der Waals surface area (Å²) in [6.07, 6.45) is 5.09. The third-order valence-corrected chi connectivity index (χ3v) is 2.15. The first-order chi connectivity index (χ1) is 5.92. The Hall–Kier alpha value is -1.02. The molecule has 2 rings (SSSR count). The molecule has 0 fully saturated rings. The zero-order valence-corrected chi connectivity index (χ0v) is 6.73. The van der Waals surface area contributed by atoms with E-state index < -0.39 is 0 Å². The predicted molar refractivity (Wildman–Crippen MR) is 49.7 cm³/mol. The van der Waals surface area contributed by atoms with E-state index in [4.69, 9.17) is 12.7 Å². The summed E-state index contributed by atoms with van der Waals surface area (Å²) < 4.78 is 4.87. The summed E-state index contributed by atoms with van der Waals surface area (Å²) in [5.74, 6) is 0. The van der Waals surface area contributed by atoms with E-state index in [0.29, 0.717) is 0 Å². The van der Waals surface area contributed by atoms with Crippen molar-refractivity contribution in [2.75, 3.05) is 0 Å². The standard InChI is InChI=1S/C10H9BO/c11-12-10-7-3-5-8-4-1-2-6-9(8)10/h1-6,10H,7H2. The van der Waals surface area contributed by atoms with Crippen molar-refractivity contribution in [2.24, 2.45) is 0 Å². The van der Waals surface area contributed by atoms with Crippen molar-refractivity contribution < 1.29 is 4.65 Å². The van der Waals surface area contributed by atoms with Crippen LogP contribution in [0.1, 0.15) is 23.7 Å². The van der Waals surface area contributed by atoms with Gasteiger partial charge in [0.1, 0.15) is 0 Å². The van der Waals surface area contributed by atoms with Gasteiger partial charge in [-0.25, -0.2) is 0 Å². The Morgan fingerprint density at radius 2 is 2.17 bits per heavy atom. The fourth-order valence-electron chi connectivity index (χ4n) is 1.53. The van der Waals surface area contributed by atoms with Crippen molar-refractivity contribution in [3.05, 3.63) is 41.5 Å². The van der Waals surface area contributed by atoms with Crippen LogP contribution in [-0.2, 0) is 4.65 Å². The van der Waals surface area contributed by atoms with Crippen molar-refractivity contribution in [2.45, 2.75) is 12.5 Å².